The summed E-state index contributed by atoms with van der Waals surface area (Å²) in [6.07, 6.45) is 1.05. The van der Waals surface area contributed by atoms with Crippen molar-refractivity contribution in [1.29, 1.82) is 0 Å². The molecule has 0 fully saturated rings. The van der Waals surface area contributed by atoms with Gasteiger partial charge in [-0.2, -0.15) is 0 Å². The molecule has 3 rings (SSSR count). The smallest absolute Gasteiger partial charge is 0.0675 e. The van der Waals surface area contributed by atoms with E-state index in [2.05, 4.69) is 55.4 Å². The molecule has 0 radical (unpaired) electrons. The van der Waals surface area contributed by atoms with Crippen molar-refractivity contribution in [1.82, 2.24) is 4.90 Å². The summed E-state index contributed by atoms with van der Waals surface area (Å²) in [6.45, 7) is 1.87. The van der Waals surface area contributed by atoms with Gasteiger partial charge in [-0.05, 0) is 56.9 Å². The second-order valence-corrected chi connectivity index (χ2v) is 7.56. The molecule has 0 spiro atoms. The van der Waals surface area contributed by atoms with Crippen LogP contribution in [-0.4, -0.2) is 32.1 Å². The molecule has 0 saturated carbocycles. The normalized spacial score (nSPS) is 12.2. The third-order valence-electron chi connectivity index (χ3n) is 3.81. The summed E-state index contributed by atoms with van der Waals surface area (Å²) in [6, 6.07) is 18.7. The third kappa shape index (κ3) is 4.23. The summed E-state index contributed by atoms with van der Waals surface area (Å²) in [4.78, 5) is 8.28. The molecule has 0 aliphatic rings. The zero-order chi connectivity index (χ0) is 16.9. The Labute approximate surface area is 152 Å². The quantitative estimate of drug-likeness (QED) is 0.582. The molecule has 0 aliphatic heterocycles. The maximum absolute atomic E-state index is 6.21. The number of benzene rings is 2. The first-order valence-electron chi connectivity index (χ1n) is 8.07. The number of fused-ring (bicyclic) bond motifs is 1. The van der Waals surface area contributed by atoms with E-state index in [1.54, 1.807) is 11.3 Å². The Balaban J connectivity index is 2.07. The van der Waals surface area contributed by atoms with E-state index in [0.717, 1.165) is 35.3 Å². The summed E-state index contributed by atoms with van der Waals surface area (Å²) < 4.78 is 1.21. The van der Waals surface area contributed by atoms with Crippen molar-refractivity contribution in [3.8, 4) is 10.4 Å². The number of halogens is 1. The second kappa shape index (κ2) is 7.93. The number of hydrogen-bond acceptors (Lipinski definition) is 3. The van der Waals surface area contributed by atoms with Crippen molar-refractivity contribution in [2.45, 2.75) is 6.42 Å². The van der Waals surface area contributed by atoms with E-state index in [1.165, 1.54) is 15.1 Å². The van der Waals surface area contributed by atoms with E-state index in [1.807, 2.05) is 18.2 Å². The second-order valence-electron chi connectivity index (χ2n) is 6.04. The highest BCUT2D eigenvalue weighted by atomic mass is 35.5. The Morgan fingerprint density at radius 3 is 2.58 bits per heavy atom. The Morgan fingerprint density at radius 1 is 1.04 bits per heavy atom. The lowest BCUT2D eigenvalue weighted by atomic mass is 10.1. The maximum atomic E-state index is 6.21. The van der Waals surface area contributed by atoms with Crippen LogP contribution >= 0.6 is 22.9 Å². The van der Waals surface area contributed by atoms with Gasteiger partial charge in [0.25, 0.3) is 0 Å². The molecule has 0 amide bonds. The number of nitrogens with zero attached hydrogens (tertiary/aromatic N) is 2. The van der Waals surface area contributed by atoms with Gasteiger partial charge < -0.3 is 4.90 Å². The van der Waals surface area contributed by atoms with Crippen LogP contribution < -0.4 is 5.36 Å². The average molecular weight is 357 g/mol. The van der Waals surface area contributed by atoms with Gasteiger partial charge in [-0.15, -0.1) is 11.3 Å². The molecule has 0 N–H and O–H groups in total. The molecule has 2 aromatic carbocycles. The maximum Gasteiger partial charge on any atom is 0.0675 e. The van der Waals surface area contributed by atoms with Gasteiger partial charge in [0, 0.05) is 26.5 Å². The Kier molecular flexibility index (Phi) is 5.67. The van der Waals surface area contributed by atoms with Crippen LogP contribution in [0.2, 0.25) is 5.02 Å². The lowest BCUT2D eigenvalue weighted by Crippen LogP contribution is -2.14. The van der Waals surface area contributed by atoms with Gasteiger partial charge in [0.1, 0.15) is 0 Å². The minimum absolute atomic E-state index is 0.756. The van der Waals surface area contributed by atoms with Crippen molar-refractivity contribution < 1.29 is 0 Å². The number of rotatable bonds is 5. The lowest BCUT2D eigenvalue weighted by Gasteiger charge is -2.08. The van der Waals surface area contributed by atoms with Gasteiger partial charge in [-0.1, -0.05) is 41.9 Å². The van der Waals surface area contributed by atoms with Crippen LogP contribution in [0, 0.1) is 0 Å². The van der Waals surface area contributed by atoms with E-state index >= 15 is 0 Å². The van der Waals surface area contributed by atoms with E-state index < -0.39 is 0 Å². The molecule has 0 atom stereocenters. The third-order valence-corrected chi connectivity index (χ3v) is 5.19. The van der Waals surface area contributed by atoms with Crippen LogP contribution in [0.3, 0.4) is 0 Å². The van der Waals surface area contributed by atoms with E-state index in [9.17, 15) is 0 Å². The molecule has 0 bridgehead atoms. The van der Waals surface area contributed by atoms with Crippen molar-refractivity contribution in [2.24, 2.45) is 4.99 Å². The van der Waals surface area contributed by atoms with Gasteiger partial charge in [-0.25, -0.2) is 0 Å². The fourth-order valence-electron chi connectivity index (χ4n) is 2.60. The first-order valence-corrected chi connectivity index (χ1v) is 9.27. The summed E-state index contributed by atoms with van der Waals surface area (Å²) in [7, 11) is 4.18. The molecule has 2 nitrogen and oxygen atoms in total. The molecule has 0 aliphatic carbocycles. The van der Waals surface area contributed by atoms with Gasteiger partial charge in [0.05, 0.1) is 5.36 Å². The van der Waals surface area contributed by atoms with Gasteiger partial charge >= 0.3 is 0 Å². The van der Waals surface area contributed by atoms with Crippen molar-refractivity contribution in [3.63, 3.8) is 0 Å². The topological polar surface area (TPSA) is 15.6 Å². The monoisotopic (exact) mass is 356 g/mol. The molecule has 24 heavy (non-hydrogen) atoms. The molecule has 4 heteroatoms. The Morgan fingerprint density at radius 2 is 1.83 bits per heavy atom. The predicted molar refractivity (Wildman–Crippen MR) is 106 cm³/mol. The highest BCUT2D eigenvalue weighted by molar-refractivity contribution is 7.21. The average Bonchev–Trinajstić information content (AvgIpc) is 2.59. The Hall–Kier alpha value is -1.68. The molecule has 3 aromatic rings. The molecule has 0 unspecified atom stereocenters. The summed E-state index contributed by atoms with van der Waals surface area (Å²) in [5, 5.41) is 2.92. The van der Waals surface area contributed by atoms with E-state index in [0.29, 0.717) is 0 Å². The van der Waals surface area contributed by atoms with Crippen molar-refractivity contribution in [3.05, 3.63) is 65.0 Å². The molecule has 0 saturated heterocycles. The first-order chi connectivity index (χ1) is 11.6. The SMILES string of the molecule is CN(C)CCCN=c1cc(-c2ccccc2)sc2ccc(Cl)cc12. The minimum Gasteiger partial charge on any atom is -0.309 e. The highest BCUT2D eigenvalue weighted by Crippen LogP contribution is 2.29. The van der Waals surface area contributed by atoms with Gasteiger partial charge in [0.15, 0.2) is 0 Å². The largest absolute Gasteiger partial charge is 0.309 e. The van der Waals surface area contributed by atoms with Crippen LogP contribution in [0.15, 0.2) is 59.6 Å². The van der Waals surface area contributed by atoms with Crippen LogP contribution in [0.1, 0.15) is 6.42 Å². The summed E-state index contributed by atoms with van der Waals surface area (Å²) >= 11 is 7.99. The summed E-state index contributed by atoms with van der Waals surface area (Å²) in [5.41, 5.74) is 1.23. The van der Waals surface area contributed by atoms with Crippen molar-refractivity contribution in [2.75, 3.05) is 27.2 Å². The minimum atomic E-state index is 0.756. The fourth-order valence-corrected chi connectivity index (χ4v) is 3.85. The van der Waals surface area contributed by atoms with E-state index in [-0.39, 0.29) is 0 Å². The van der Waals surface area contributed by atoms with Gasteiger partial charge in [0.2, 0.25) is 0 Å². The molecule has 124 valence electrons. The van der Waals surface area contributed by atoms with Crippen LogP contribution in [0.25, 0.3) is 20.5 Å². The first kappa shape index (κ1) is 17.2. The predicted octanol–water partition coefficient (Wildman–Crippen LogP) is 5.07. The molecule has 1 heterocycles. The zero-order valence-corrected chi connectivity index (χ0v) is 15.6. The van der Waals surface area contributed by atoms with Crippen LogP contribution in [0.5, 0.6) is 0 Å². The molecule has 1 aromatic heterocycles. The van der Waals surface area contributed by atoms with Gasteiger partial charge in [-0.3, -0.25) is 4.99 Å². The standard InChI is InChI=1S/C20H21ClN2S/c1-23(2)12-6-11-22-18-14-20(15-7-4-3-5-8-15)24-19-10-9-16(21)13-17(18)19/h3-5,7-10,13-14H,6,11-12H2,1-2H3. The Bertz CT molecular complexity index is 885. The highest BCUT2D eigenvalue weighted by Gasteiger charge is 2.05. The van der Waals surface area contributed by atoms with Crippen molar-refractivity contribution >= 4 is 33.0 Å². The van der Waals surface area contributed by atoms with Crippen LogP contribution in [-0.2, 0) is 0 Å². The summed E-state index contributed by atoms with van der Waals surface area (Å²) in [5.74, 6) is 0. The van der Waals surface area contributed by atoms with E-state index in [4.69, 9.17) is 16.6 Å². The molecular formula is C20H21ClN2S. The fraction of sp³-hybridized carbons (Fsp3) is 0.250. The zero-order valence-electron chi connectivity index (χ0n) is 14.0. The lowest BCUT2D eigenvalue weighted by molar-refractivity contribution is 0.403. The number of hydrogen-bond donors (Lipinski definition) is 0. The van der Waals surface area contributed by atoms with Crippen LogP contribution in [0.4, 0.5) is 0 Å². The molecular weight excluding hydrogens is 336 g/mol.